The normalized spacial score (nSPS) is 12.8. The number of aliphatic hydroxyl groups is 2. The smallest absolute Gasteiger partial charge is 0.0864 e. The topological polar surface area (TPSA) is 40.5 Å². The van der Waals surface area contributed by atoms with Gasteiger partial charge in [0.1, 0.15) is 0 Å². The fraction of sp³-hybridized carbons (Fsp3) is 0.333. The van der Waals surface area contributed by atoms with E-state index in [9.17, 15) is 0 Å². The number of thioether (sulfide) groups is 1. The molecule has 0 saturated heterocycles. The Labute approximate surface area is 90.1 Å². The zero-order valence-corrected chi connectivity index (χ0v) is 9.38. The minimum Gasteiger partial charge on any atom is -0.394 e. The molecule has 0 heterocycles. The molecule has 0 aliphatic heterocycles. The Morgan fingerprint density at radius 1 is 1.31 bits per heavy atom. The number of hydrogen-bond acceptors (Lipinski definition) is 3. The highest BCUT2D eigenvalue weighted by molar-refractivity contribution is 9.10. The van der Waals surface area contributed by atoms with Crippen molar-refractivity contribution in [3.63, 3.8) is 0 Å². The lowest BCUT2D eigenvalue weighted by molar-refractivity contribution is 0.113. The summed E-state index contributed by atoms with van der Waals surface area (Å²) in [5.41, 5.74) is 0. The van der Waals surface area contributed by atoms with Gasteiger partial charge in [-0.05, 0) is 24.3 Å². The van der Waals surface area contributed by atoms with Crippen molar-refractivity contribution in [1.29, 1.82) is 0 Å². The Morgan fingerprint density at radius 3 is 2.46 bits per heavy atom. The molecule has 0 amide bonds. The van der Waals surface area contributed by atoms with E-state index < -0.39 is 6.10 Å². The van der Waals surface area contributed by atoms with Crippen molar-refractivity contribution < 1.29 is 10.2 Å². The van der Waals surface area contributed by atoms with Crippen molar-refractivity contribution in [1.82, 2.24) is 0 Å². The SMILES string of the molecule is OCC(O)CSc1ccc(Br)cc1. The third-order valence-electron chi connectivity index (χ3n) is 1.47. The highest BCUT2D eigenvalue weighted by Gasteiger charge is 2.02. The van der Waals surface area contributed by atoms with Crippen LogP contribution in [0.1, 0.15) is 0 Å². The Bertz CT molecular complexity index is 250. The highest BCUT2D eigenvalue weighted by atomic mass is 79.9. The molecule has 13 heavy (non-hydrogen) atoms. The van der Waals surface area contributed by atoms with Crippen molar-refractivity contribution in [2.45, 2.75) is 11.0 Å². The van der Waals surface area contributed by atoms with Crippen LogP contribution in [-0.2, 0) is 0 Å². The van der Waals surface area contributed by atoms with Crippen LogP contribution in [0.5, 0.6) is 0 Å². The summed E-state index contributed by atoms with van der Waals surface area (Å²) in [4.78, 5) is 1.09. The molecule has 1 atom stereocenters. The number of aliphatic hydroxyl groups excluding tert-OH is 2. The maximum atomic E-state index is 9.09. The molecule has 4 heteroatoms. The van der Waals surface area contributed by atoms with E-state index in [-0.39, 0.29) is 6.61 Å². The third-order valence-corrected chi connectivity index (χ3v) is 3.15. The minimum atomic E-state index is -0.631. The van der Waals surface area contributed by atoms with Gasteiger partial charge in [0.05, 0.1) is 12.7 Å². The van der Waals surface area contributed by atoms with E-state index in [0.717, 1.165) is 9.37 Å². The Balaban J connectivity index is 2.41. The first-order chi connectivity index (χ1) is 6.22. The van der Waals surface area contributed by atoms with Crippen LogP contribution in [0.25, 0.3) is 0 Å². The molecule has 0 fully saturated rings. The van der Waals surface area contributed by atoms with Gasteiger partial charge in [0, 0.05) is 15.1 Å². The summed E-state index contributed by atoms with van der Waals surface area (Å²) in [5, 5.41) is 17.7. The molecule has 1 unspecified atom stereocenters. The van der Waals surface area contributed by atoms with Gasteiger partial charge in [-0.2, -0.15) is 0 Å². The molecule has 1 aromatic rings. The van der Waals surface area contributed by atoms with Gasteiger partial charge in [-0.1, -0.05) is 15.9 Å². The largest absolute Gasteiger partial charge is 0.394 e. The molecule has 72 valence electrons. The van der Waals surface area contributed by atoms with E-state index in [1.165, 1.54) is 11.8 Å². The number of rotatable bonds is 4. The monoisotopic (exact) mass is 262 g/mol. The summed E-state index contributed by atoms with van der Waals surface area (Å²) in [6, 6.07) is 7.85. The quantitative estimate of drug-likeness (QED) is 0.815. The lowest BCUT2D eigenvalue weighted by Crippen LogP contribution is -2.14. The third kappa shape index (κ3) is 4.13. The van der Waals surface area contributed by atoms with E-state index >= 15 is 0 Å². The van der Waals surface area contributed by atoms with Crippen molar-refractivity contribution in [2.75, 3.05) is 12.4 Å². The molecule has 0 spiro atoms. The van der Waals surface area contributed by atoms with E-state index in [4.69, 9.17) is 10.2 Å². The molecule has 0 saturated carbocycles. The minimum absolute atomic E-state index is 0.177. The van der Waals surface area contributed by atoms with Gasteiger partial charge in [-0.3, -0.25) is 0 Å². The van der Waals surface area contributed by atoms with Crippen molar-refractivity contribution >= 4 is 27.7 Å². The van der Waals surface area contributed by atoms with E-state index in [1.807, 2.05) is 24.3 Å². The van der Waals surface area contributed by atoms with Crippen molar-refractivity contribution in [3.8, 4) is 0 Å². The summed E-state index contributed by atoms with van der Waals surface area (Å²) in [6.45, 7) is -0.177. The molecule has 2 N–H and O–H groups in total. The summed E-state index contributed by atoms with van der Waals surface area (Å²) >= 11 is 4.87. The number of hydrogen-bond donors (Lipinski definition) is 2. The molecule has 1 aromatic carbocycles. The second kappa shape index (κ2) is 5.65. The van der Waals surface area contributed by atoms with Crippen LogP contribution in [0.2, 0.25) is 0 Å². The lowest BCUT2D eigenvalue weighted by Gasteiger charge is -2.05. The van der Waals surface area contributed by atoms with Crippen LogP contribution in [0.15, 0.2) is 33.6 Å². The molecule has 0 aromatic heterocycles. The van der Waals surface area contributed by atoms with E-state index in [1.54, 1.807) is 0 Å². The van der Waals surface area contributed by atoms with Crippen molar-refractivity contribution in [3.05, 3.63) is 28.7 Å². The molecular weight excluding hydrogens is 252 g/mol. The van der Waals surface area contributed by atoms with Gasteiger partial charge in [0.25, 0.3) is 0 Å². The Kier molecular flexibility index (Phi) is 4.80. The molecule has 2 nitrogen and oxygen atoms in total. The molecule has 0 aliphatic rings. The summed E-state index contributed by atoms with van der Waals surface area (Å²) in [7, 11) is 0. The van der Waals surface area contributed by atoms with Crippen LogP contribution in [0, 0.1) is 0 Å². The predicted molar refractivity (Wildman–Crippen MR) is 58.0 cm³/mol. The standard InChI is InChI=1S/C9H11BrO2S/c10-7-1-3-9(4-2-7)13-6-8(12)5-11/h1-4,8,11-12H,5-6H2. The van der Waals surface area contributed by atoms with Gasteiger partial charge < -0.3 is 10.2 Å². The zero-order valence-electron chi connectivity index (χ0n) is 6.98. The highest BCUT2D eigenvalue weighted by Crippen LogP contribution is 2.20. The second-order valence-electron chi connectivity index (χ2n) is 2.60. The fourth-order valence-corrected chi connectivity index (χ4v) is 1.86. The van der Waals surface area contributed by atoms with E-state index in [2.05, 4.69) is 15.9 Å². The van der Waals surface area contributed by atoms with E-state index in [0.29, 0.717) is 5.75 Å². The van der Waals surface area contributed by atoms with Gasteiger partial charge in [0.15, 0.2) is 0 Å². The average molecular weight is 263 g/mol. The molecular formula is C9H11BrO2S. The van der Waals surface area contributed by atoms with Gasteiger partial charge in [-0.15, -0.1) is 11.8 Å². The van der Waals surface area contributed by atoms with Crippen molar-refractivity contribution in [2.24, 2.45) is 0 Å². The Hall–Kier alpha value is -0.0300. The summed E-state index contributed by atoms with van der Waals surface area (Å²) in [5.74, 6) is 0.526. The van der Waals surface area contributed by atoms with Crippen LogP contribution in [-0.4, -0.2) is 28.7 Å². The van der Waals surface area contributed by atoms with Crippen LogP contribution in [0.3, 0.4) is 0 Å². The summed E-state index contributed by atoms with van der Waals surface area (Å²) in [6.07, 6.45) is -0.631. The maximum absolute atomic E-state index is 9.09. The van der Waals surface area contributed by atoms with Gasteiger partial charge in [0.2, 0.25) is 0 Å². The molecule has 1 rings (SSSR count). The number of halogens is 1. The zero-order chi connectivity index (χ0) is 9.68. The first kappa shape index (κ1) is 11.0. The molecule has 0 aliphatic carbocycles. The van der Waals surface area contributed by atoms with Gasteiger partial charge in [-0.25, -0.2) is 0 Å². The second-order valence-corrected chi connectivity index (χ2v) is 4.61. The van der Waals surface area contributed by atoms with Gasteiger partial charge >= 0.3 is 0 Å². The predicted octanol–water partition coefficient (Wildman–Crippen LogP) is 1.89. The van der Waals surface area contributed by atoms with Crippen LogP contribution < -0.4 is 0 Å². The Morgan fingerprint density at radius 2 is 1.92 bits per heavy atom. The molecule has 0 radical (unpaired) electrons. The first-order valence-corrected chi connectivity index (χ1v) is 5.67. The number of benzene rings is 1. The van der Waals surface area contributed by atoms with Crippen LogP contribution >= 0.6 is 27.7 Å². The maximum Gasteiger partial charge on any atom is 0.0864 e. The first-order valence-electron chi connectivity index (χ1n) is 3.89. The average Bonchev–Trinajstić information content (AvgIpc) is 2.16. The van der Waals surface area contributed by atoms with Crippen LogP contribution in [0.4, 0.5) is 0 Å². The summed E-state index contributed by atoms with van der Waals surface area (Å²) < 4.78 is 1.04. The molecule has 0 bridgehead atoms. The lowest BCUT2D eigenvalue weighted by atomic mass is 10.4. The fourth-order valence-electron chi connectivity index (χ4n) is 0.776.